The van der Waals surface area contributed by atoms with Crippen molar-refractivity contribution in [1.29, 1.82) is 0 Å². The Hall–Kier alpha value is -3.54. The van der Waals surface area contributed by atoms with Crippen molar-refractivity contribution in [3.63, 3.8) is 0 Å². The summed E-state index contributed by atoms with van der Waals surface area (Å²) in [5.41, 5.74) is 2.57. The van der Waals surface area contributed by atoms with Crippen LogP contribution in [0.1, 0.15) is 54.1 Å². The van der Waals surface area contributed by atoms with E-state index >= 15 is 0 Å². The number of benzene rings is 2. The first-order valence-corrected chi connectivity index (χ1v) is 12.1. The summed E-state index contributed by atoms with van der Waals surface area (Å²) in [6.07, 6.45) is 6.24. The van der Waals surface area contributed by atoms with Gasteiger partial charge >= 0.3 is 0 Å². The Kier molecular flexibility index (Phi) is 5.91. The summed E-state index contributed by atoms with van der Waals surface area (Å²) in [5.74, 6) is 2.74. The number of nitrogens with zero attached hydrogens (tertiary/aromatic N) is 1. The molecule has 35 heavy (non-hydrogen) atoms. The molecular weight excluding hydrogens is 440 g/mol. The highest BCUT2D eigenvalue weighted by Gasteiger charge is 2.60. The third-order valence-corrected chi connectivity index (χ3v) is 7.70. The number of nitrogens with one attached hydrogen (secondary N) is 1. The quantitative estimate of drug-likeness (QED) is 0.385. The number of anilines is 1. The zero-order valence-corrected chi connectivity index (χ0v) is 20.8. The molecule has 0 radical (unpaired) electrons. The zero-order valence-electron chi connectivity index (χ0n) is 20.8. The molecule has 5 rings (SSSR count). The average Bonchev–Trinajstić information content (AvgIpc) is 3.84. The van der Waals surface area contributed by atoms with Crippen LogP contribution in [0.4, 0.5) is 5.82 Å². The molecule has 1 N–H and O–H groups in total. The molecule has 2 aliphatic rings. The van der Waals surface area contributed by atoms with Gasteiger partial charge in [-0.25, -0.2) is 4.98 Å². The minimum atomic E-state index is -0.101. The highest BCUT2D eigenvalue weighted by Crippen LogP contribution is 2.63. The Bertz CT molecular complexity index is 1230. The molecule has 0 saturated heterocycles. The first-order valence-electron chi connectivity index (χ1n) is 12.1. The maximum absolute atomic E-state index is 13.0. The van der Waals surface area contributed by atoms with Crippen molar-refractivity contribution in [2.75, 3.05) is 26.6 Å². The van der Waals surface area contributed by atoms with Crippen molar-refractivity contribution in [2.45, 2.75) is 44.1 Å². The Balaban J connectivity index is 1.40. The monoisotopic (exact) mass is 472 g/mol. The molecule has 0 bridgehead atoms. The fourth-order valence-electron chi connectivity index (χ4n) is 5.24. The third kappa shape index (κ3) is 4.22. The van der Waals surface area contributed by atoms with Gasteiger partial charge in [-0.1, -0.05) is 25.1 Å². The smallest absolute Gasteiger partial charge is 0.198 e. The average molecular weight is 473 g/mol. The summed E-state index contributed by atoms with van der Waals surface area (Å²) in [6.45, 7) is 2.35. The van der Waals surface area contributed by atoms with Crippen LogP contribution in [0.2, 0.25) is 0 Å². The van der Waals surface area contributed by atoms with E-state index in [1.165, 1.54) is 18.4 Å². The molecule has 3 aromatic rings. The fourth-order valence-corrected chi connectivity index (χ4v) is 5.24. The Morgan fingerprint density at radius 2 is 1.60 bits per heavy atom. The number of rotatable bonds is 10. The summed E-state index contributed by atoms with van der Waals surface area (Å²) in [7, 11) is 4.91. The standard InChI is InChI=1S/C29H32N2O4/c1-28(13-14-28)27(29(15-16-29)20-10-11-23(34-3)24(17-20)35-4)31-25-12-9-19(18-30-25)26(32)21-7-5-6-8-22(21)33-2/h5-12,17-18,27H,13-16H2,1-4H3,(H,30,31). The molecule has 6 nitrogen and oxygen atoms in total. The number of pyridine rings is 1. The van der Waals surface area contributed by atoms with E-state index in [-0.39, 0.29) is 22.7 Å². The SMILES string of the molecule is COc1ccc(C2(C(Nc3ccc(C(=O)c4ccccc4OC)cn3)C3(C)CC3)CC2)cc1OC. The van der Waals surface area contributed by atoms with Gasteiger partial charge in [0, 0.05) is 23.2 Å². The van der Waals surface area contributed by atoms with Gasteiger partial charge in [0.1, 0.15) is 11.6 Å². The molecule has 0 amide bonds. The second-order valence-electron chi connectivity index (χ2n) is 9.92. The van der Waals surface area contributed by atoms with Crippen LogP contribution in [-0.2, 0) is 5.41 Å². The fraction of sp³-hybridized carbons (Fsp3) is 0.379. The van der Waals surface area contributed by atoms with Gasteiger partial charge in [0.05, 0.1) is 26.9 Å². The summed E-state index contributed by atoms with van der Waals surface area (Å²) >= 11 is 0. The van der Waals surface area contributed by atoms with Crippen molar-refractivity contribution in [1.82, 2.24) is 4.98 Å². The van der Waals surface area contributed by atoms with Crippen LogP contribution >= 0.6 is 0 Å². The van der Waals surface area contributed by atoms with Crippen molar-refractivity contribution in [2.24, 2.45) is 5.41 Å². The highest BCUT2D eigenvalue weighted by molar-refractivity contribution is 6.10. The summed E-state index contributed by atoms with van der Waals surface area (Å²) in [6, 6.07) is 17.5. The second-order valence-corrected chi connectivity index (χ2v) is 9.92. The van der Waals surface area contributed by atoms with Crippen LogP contribution in [0.15, 0.2) is 60.8 Å². The number of hydrogen-bond donors (Lipinski definition) is 1. The van der Waals surface area contributed by atoms with E-state index in [0.29, 0.717) is 16.9 Å². The first-order chi connectivity index (χ1) is 16.9. The summed E-state index contributed by atoms with van der Waals surface area (Å²) < 4.78 is 16.4. The van der Waals surface area contributed by atoms with Crippen LogP contribution in [0.5, 0.6) is 17.2 Å². The summed E-state index contributed by atoms with van der Waals surface area (Å²) in [4.78, 5) is 17.7. The van der Waals surface area contributed by atoms with E-state index < -0.39 is 0 Å². The van der Waals surface area contributed by atoms with Gasteiger partial charge in [-0.3, -0.25) is 4.79 Å². The molecular formula is C29H32N2O4. The molecule has 2 aromatic carbocycles. The molecule has 182 valence electrons. The molecule has 1 unspecified atom stereocenters. The first kappa shape index (κ1) is 23.2. The van der Waals surface area contributed by atoms with E-state index in [4.69, 9.17) is 14.2 Å². The minimum absolute atomic E-state index is 0.0262. The van der Waals surface area contributed by atoms with E-state index in [2.05, 4.69) is 29.4 Å². The lowest BCUT2D eigenvalue weighted by Gasteiger charge is -2.34. The Labute approximate surface area is 206 Å². The number of carbonyl (C=O) groups excluding carboxylic acids is 1. The van der Waals surface area contributed by atoms with Crippen molar-refractivity contribution < 1.29 is 19.0 Å². The molecule has 1 heterocycles. The third-order valence-electron chi connectivity index (χ3n) is 7.70. The second kappa shape index (κ2) is 8.91. The maximum atomic E-state index is 13.0. The molecule has 0 spiro atoms. The number of methoxy groups -OCH3 is 3. The van der Waals surface area contributed by atoms with Crippen LogP contribution < -0.4 is 19.5 Å². The van der Waals surface area contributed by atoms with E-state index in [1.54, 1.807) is 39.7 Å². The van der Waals surface area contributed by atoms with E-state index in [9.17, 15) is 4.79 Å². The predicted molar refractivity (Wildman–Crippen MR) is 136 cm³/mol. The maximum Gasteiger partial charge on any atom is 0.198 e. The van der Waals surface area contributed by atoms with E-state index in [1.807, 2.05) is 30.3 Å². The van der Waals surface area contributed by atoms with E-state index in [0.717, 1.165) is 30.2 Å². The molecule has 2 aliphatic carbocycles. The van der Waals surface area contributed by atoms with Crippen molar-refractivity contribution in [3.05, 3.63) is 77.5 Å². The lowest BCUT2D eigenvalue weighted by atomic mass is 9.79. The zero-order chi connectivity index (χ0) is 24.6. The Morgan fingerprint density at radius 1 is 0.886 bits per heavy atom. The summed E-state index contributed by atoms with van der Waals surface area (Å²) in [5, 5.41) is 3.76. The molecule has 1 atom stereocenters. The molecule has 1 aromatic heterocycles. The van der Waals surface area contributed by atoms with Gasteiger partial charge in [-0.05, 0) is 73.1 Å². The number of carbonyl (C=O) groups is 1. The predicted octanol–water partition coefficient (Wildman–Crippen LogP) is 5.65. The van der Waals surface area contributed by atoms with Gasteiger partial charge in [-0.15, -0.1) is 0 Å². The minimum Gasteiger partial charge on any atom is -0.496 e. The number of ketones is 1. The number of aromatic nitrogens is 1. The van der Waals surface area contributed by atoms with Crippen LogP contribution in [-0.4, -0.2) is 38.1 Å². The van der Waals surface area contributed by atoms with Crippen LogP contribution in [0.25, 0.3) is 0 Å². The molecule has 2 fully saturated rings. The molecule has 0 aliphatic heterocycles. The van der Waals surface area contributed by atoms with Gasteiger partial charge in [0.2, 0.25) is 0 Å². The van der Waals surface area contributed by atoms with Crippen molar-refractivity contribution >= 4 is 11.6 Å². The lowest BCUT2D eigenvalue weighted by molar-refractivity contribution is 0.103. The van der Waals surface area contributed by atoms with Gasteiger partial charge in [-0.2, -0.15) is 0 Å². The lowest BCUT2D eigenvalue weighted by Crippen LogP contribution is -2.41. The van der Waals surface area contributed by atoms with Gasteiger partial charge in [0.25, 0.3) is 0 Å². The number of ether oxygens (including phenoxy) is 3. The highest BCUT2D eigenvalue weighted by atomic mass is 16.5. The topological polar surface area (TPSA) is 69.7 Å². The Morgan fingerprint density at radius 3 is 2.20 bits per heavy atom. The van der Waals surface area contributed by atoms with Crippen molar-refractivity contribution in [3.8, 4) is 17.2 Å². The largest absolute Gasteiger partial charge is 0.496 e. The molecule has 2 saturated carbocycles. The van der Waals surface area contributed by atoms with Gasteiger partial charge in [0.15, 0.2) is 17.3 Å². The van der Waals surface area contributed by atoms with Gasteiger partial charge < -0.3 is 19.5 Å². The number of hydrogen-bond acceptors (Lipinski definition) is 6. The van der Waals surface area contributed by atoms with Crippen LogP contribution in [0.3, 0.4) is 0 Å². The normalized spacial score (nSPS) is 17.7. The van der Waals surface area contributed by atoms with Crippen LogP contribution in [0, 0.1) is 5.41 Å². The number of para-hydroxylation sites is 1. The molecule has 6 heteroatoms.